The lowest BCUT2D eigenvalue weighted by molar-refractivity contribution is -0.120. The van der Waals surface area contributed by atoms with Gasteiger partial charge in [0.15, 0.2) is 11.5 Å². The number of carbonyl (C=O) groups is 1. The molecule has 0 aliphatic rings. The van der Waals surface area contributed by atoms with Gasteiger partial charge in [0.2, 0.25) is 11.7 Å². The average Bonchev–Trinajstić information content (AvgIpc) is 2.60. The highest BCUT2D eigenvalue weighted by atomic mass is 79.9. The van der Waals surface area contributed by atoms with Crippen LogP contribution < -0.4 is 19.5 Å². The molecule has 0 fully saturated rings. The summed E-state index contributed by atoms with van der Waals surface area (Å²) in [5, 5.41) is 2.90. The molecule has 2 aromatic rings. The summed E-state index contributed by atoms with van der Waals surface area (Å²) in [5.41, 5.74) is 1.81. The predicted octanol–water partition coefficient (Wildman–Crippen LogP) is 3.33. The molecule has 1 N–H and O–H groups in total. The first-order chi connectivity index (χ1) is 11.6. The zero-order valence-corrected chi connectivity index (χ0v) is 15.5. The molecule has 0 heterocycles. The third-order valence-electron chi connectivity index (χ3n) is 3.52. The van der Waals surface area contributed by atoms with E-state index in [1.165, 1.54) is 0 Å². The summed E-state index contributed by atoms with van der Waals surface area (Å²) in [7, 11) is 4.68. The number of carbonyl (C=O) groups excluding carboxylic acids is 1. The number of halogens is 1. The number of hydrogen-bond acceptors (Lipinski definition) is 4. The Bertz CT molecular complexity index is 693. The van der Waals surface area contributed by atoms with Gasteiger partial charge in [0, 0.05) is 11.0 Å². The second-order valence-electron chi connectivity index (χ2n) is 5.08. The van der Waals surface area contributed by atoms with Crippen molar-refractivity contribution >= 4 is 21.8 Å². The molecule has 5 nitrogen and oxygen atoms in total. The fourth-order valence-corrected chi connectivity index (χ4v) is 2.74. The molecule has 0 aromatic heterocycles. The van der Waals surface area contributed by atoms with Crippen LogP contribution in [0.25, 0.3) is 0 Å². The van der Waals surface area contributed by atoms with Crippen molar-refractivity contribution in [1.29, 1.82) is 0 Å². The maximum atomic E-state index is 12.2. The molecule has 0 saturated carbocycles. The highest BCUT2D eigenvalue weighted by Gasteiger charge is 2.14. The van der Waals surface area contributed by atoms with Crippen LogP contribution in [0.1, 0.15) is 11.1 Å². The number of nitrogens with one attached hydrogen (secondary N) is 1. The Morgan fingerprint density at radius 1 is 1.04 bits per heavy atom. The van der Waals surface area contributed by atoms with Crippen molar-refractivity contribution < 1.29 is 19.0 Å². The SMILES string of the molecule is COc1cc(CNC(=O)Cc2ccccc2Br)cc(OC)c1OC. The second-order valence-corrected chi connectivity index (χ2v) is 5.93. The van der Waals surface area contributed by atoms with E-state index in [1.807, 2.05) is 36.4 Å². The van der Waals surface area contributed by atoms with Gasteiger partial charge in [-0.25, -0.2) is 0 Å². The van der Waals surface area contributed by atoms with Gasteiger partial charge >= 0.3 is 0 Å². The summed E-state index contributed by atoms with van der Waals surface area (Å²) in [6, 6.07) is 11.3. The minimum absolute atomic E-state index is 0.0596. The van der Waals surface area contributed by atoms with E-state index in [0.29, 0.717) is 30.2 Å². The van der Waals surface area contributed by atoms with Crippen LogP contribution in [0.15, 0.2) is 40.9 Å². The van der Waals surface area contributed by atoms with Gasteiger partial charge in [-0.1, -0.05) is 34.1 Å². The van der Waals surface area contributed by atoms with E-state index >= 15 is 0 Å². The quantitative estimate of drug-likeness (QED) is 0.783. The van der Waals surface area contributed by atoms with Crippen LogP contribution in [0.5, 0.6) is 17.2 Å². The van der Waals surface area contributed by atoms with Crippen LogP contribution in [-0.4, -0.2) is 27.2 Å². The van der Waals surface area contributed by atoms with Gasteiger partial charge in [0.05, 0.1) is 27.8 Å². The molecule has 0 radical (unpaired) electrons. The molecular weight excluding hydrogens is 374 g/mol. The van der Waals surface area contributed by atoms with Gasteiger partial charge in [-0.2, -0.15) is 0 Å². The molecule has 0 spiro atoms. The molecule has 2 aromatic carbocycles. The molecular formula is C18H20BrNO4. The van der Waals surface area contributed by atoms with Crippen molar-refractivity contribution in [3.8, 4) is 17.2 Å². The number of rotatable bonds is 7. The van der Waals surface area contributed by atoms with E-state index in [-0.39, 0.29) is 5.91 Å². The van der Waals surface area contributed by atoms with Crippen LogP contribution in [0.3, 0.4) is 0 Å². The standard InChI is InChI=1S/C18H20BrNO4/c1-22-15-8-12(9-16(23-2)18(15)24-3)11-20-17(21)10-13-6-4-5-7-14(13)19/h4-9H,10-11H2,1-3H3,(H,20,21). The average molecular weight is 394 g/mol. The number of benzene rings is 2. The smallest absolute Gasteiger partial charge is 0.224 e. The van der Waals surface area contributed by atoms with E-state index in [4.69, 9.17) is 14.2 Å². The number of methoxy groups -OCH3 is 3. The maximum Gasteiger partial charge on any atom is 0.224 e. The van der Waals surface area contributed by atoms with E-state index in [1.54, 1.807) is 21.3 Å². The van der Waals surface area contributed by atoms with Crippen LogP contribution in [0.4, 0.5) is 0 Å². The summed E-state index contributed by atoms with van der Waals surface area (Å²) < 4.78 is 16.8. The molecule has 2 rings (SSSR count). The Morgan fingerprint density at radius 3 is 2.21 bits per heavy atom. The molecule has 1 amide bonds. The van der Waals surface area contributed by atoms with Crippen LogP contribution >= 0.6 is 15.9 Å². The Morgan fingerprint density at radius 2 is 1.67 bits per heavy atom. The van der Waals surface area contributed by atoms with Crippen molar-refractivity contribution in [2.45, 2.75) is 13.0 Å². The topological polar surface area (TPSA) is 56.8 Å². The second kappa shape index (κ2) is 8.59. The van der Waals surface area contributed by atoms with Crippen molar-refractivity contribution in [2.24, 2.45) is 0 Å². The Kier molecular flexibility index (Phi) is 6.49. The van der Waals surface area contributed by atoms with E-state index in [9.17, 15) is 4.79 Å². The first-order valence-corrected chi connectivity index (χ1v) is 8.17. The van der Waals surface area contributed by atoms with Gasteiger partial charge in [0.25, 0.3) is 0 Å². The number of ether oxygens (including phenoxy) is 3. The molecule has 6 heteroatoms. The normalized spacial score (nSPS) is 10.2. The van der Waals surface area contributed by atoms with Gasteiger partial charge in [-0.05, 0) is 29.3 Å². The van der Waals surface area contributed by atoms with Crippen molar-refractivity contribution in [3.63, 3.8) is 0 Å². The third kappa shape index (κ3) is 4.41. The van der Waals surface area contributed by atoms with Gasteiger partial charge in [-0.3, -0.25) is 4.79 Å². The lowest BCUT2D eigenvalue weighted by Crippen LogP contribution is -2.24. The Labute approximate surface area is 150 Å². The maximum absolute atomic E-state index is 12.2. The fraction of sp³-hybridized carbons (Fsp3) is 0.278. The van der Waals surface area contributed by atoms with Gasteiger partial charge in [-0.15, -0.1) is 0 Å². The van der Waals surface area contributed by atoms with Crippen LogP contribution in [0.2, 0.25) is 0 Å². The molecule has 24 heavy (non-hydrogen) atoms. The van der Waals surface area contributed by atoms with Gasteiger partial charge < -0.3 is 19.5 Å². The predicted molar refractivity (Wildman–Crippen MR) is 95.8 cm³/mol. The van der Waals surface area contributed by atoms with Crippen molar-refractivity contribution in [2.75, 3.05) is 21.3 Å². The summed E-state index contributed by atoms with van der Waals surface area (Å²) >= 11 is 3.45. The zero-order valence-electron chi connectivity index (χ0n) is 13.9. The van der Waals surface area contributed by atoms with Crippen molar-refractivity contribution in [1.82, 2.24) is 5.32 Å². The third-order valence-corrected chi connectivity index (χ3v) is 4.30. The molecule has 0 bridgehead atoms. The Hall–Kier alpha value is -2.21. The molecule has 0 saturated heterocycles. The van der Waals surface area contributed by atoms with E-state index in [0.717, 1.165) is 15.6 Å². The summed E-state index contributed by atoms with van der Waals surface area (Å²) in [5.74, 6) is 1.60. The Balaban J connectivity index is 2.06. The molecule has 0 aliphatic heterocycles. The van der Waals surface area contributed by atoms with Crippen LogP contribution in [-0.2, 0) is 17.8 Å². The summed E-state index contributed by atoms with van der Waals surface area (Å²) in [6.45, 7) is 0.375. The van der Waals surface area contributed by atoms with E-state index < -0.39 is 0 Å². The molecule has 0 aliphatic carbocycles. The minimum Gasteiger partial charge on any atom is -0.493 e. The van der Waals surface area contributed by atoms with Crippen LogP contribution in [0, 0.1) is 0 Å². The van der Waals surface area contributed by atoms with Gasteiger partial charge in [0.1, 0.15) is 0 Å². The lowest BCUT2D eigenvalue weighted by atomic mass is 10.1. The molecule has 128 valence electrons. The van der Waals surface area contributed by atoms with E-state index in [2.05, 4.69) is 21.2 Å². The largest absolute Gasteiger partial charge is 0.493 e. The molecule has 0 unspecified atom stereocenters. The number of hydrogen-bond donors (Lipinski definition) is 1. The highest BCUT2D eigenvalue weighted by molar-refractivity contribution is 9.10. The summed E-state index contributed by atoms with van der Waals surface area (Å²) in [6.07, 6.45) is 0.311. The number of amides is 1. The summed E-state index contributed by atoms with van der Waals surface area (Å²) in [4.78, 5) is 12.2. The minimum atomic E-state index is -0.0596. The first kappa shape index (κ1) is 18.1. The monoisotopic (exact) mass is 393 g/mol. The highest BCUT2D eigenvalue weighted by Crippen LogP contribution is 2.38. The zero-order chi connectivity index (χ0) is 17.5. The fourth-order valence-electron chi connectivity index (χ4n) is 2.32. The van der Waals surface area contributed by atoms with Crippen molar-refractivity contribution in [3.05, 3.63) is 52.0 Å². The molecule has 0 atom stereocenters. The lowest BCUT2D eigenvalue weighted by Gasteiger charge is -2.14. The first-order valence-electron chi connectivity index (χ1n) is 7.38.